The van der Waals surface area contributed by atoms with Crippen LogP contribution in [0.4, 0.5) is 0 Å². The van der Waals surface area contributed by atoms with Crippen LogP contribution in [-0.4, -0.2) is 56.6 Å². The van der Waals surface area contributed by atoms with E-state index in [1.165, 1.54) is 36.8 Å². The lowest BCUT2D eigenvalue weighted by atomic mass is 9.80. The molecule has 2 aromatic carbocycles. The second-order valence-corrected chi connectivity index (χ2v) is 9.99. The third kappa shape index (κ3) is 11.9. The molecular weight excluding hydrogens is 438 g/mol. The molecule has 0 aromatic heterocycles. The van der Waals surface area contributed by atoms with Gasteiger partial charge in [0.2, 0.25) is 0 Å². The second-order valence-electron chi connectivity index (χ2n) is 9.99. The van der Waals surface area contributed by atoms with Gasteiger partial charge in [0.1, 0.15) is 18.1 Å². The molecule has 196 valence electrons. The van der Waals surface area contributed by atoms with Crippen molar-refractivity contribution < 1.29 is 19.3 Å². The first-order chi connectivity index (χ1) is 16.9. The third-order valence-corrected chi connectivity index (χ3v) is 6.35. The van der Waals surface area contributed by atoms with E-state index in [0.717, 1.165) is 37.4 Å². The normalized spacial score (nSPS) is 11.7. The van der Waals surface area contributed by atoms with Crippen molar-refractivity contribution in [2.24, 2.45) is 0 Å². The van der Waals surface area contributed by atoms with Crippen LogP contribution in [0.25, 0.3) is 0 Å². The van der Waals surface area contributed by atoms with E-state index >= 15 is 0 Å². The minimum Gasteiger partial charge on any atom is -0.494 e. The summed E-state index contributed by atoms with van der Waals surface area (Å²) >= 11 is 0. The van der Waals surface area contributed by atoms with Gasteiger partial charge in [0.15, 0.2) is 0 Å². The molecule has 0 heterocycles. The highest BCUT2D eigenvalue weighted by atomic mass is 16.5. The van der Waals surface area contributed by atoms with Gasteiger partial charge in [0.25, 0.3) is 0 Å². The highest BCUT2D eigenvalue weighted by Crippen LogP contribution is 2.30. The molecule has 0 fully saturated rings. The van der Waals surface area contributed by atoms with Gasteiger partial charge >= 0.3 is 0 Å². The molecule has 0 bridgehead atoms. The van der Waals surface area contributed by atoms with Crippen molar-refractivity contribution in [3.63, 3.8) is 0 Å². The standard InChI is InChI=1S/C30H47NO4/c1-5-6-7-18-30(2,3)27-12-16-29(17-13-27)35-24-23-33-22-19-31(4)25-26-10-14-28(15-11-26)34-21-9-8-20-32/h10-17,32H,5-9,18-25H2,1-4H3. The zero-order valence-corrected chi connectivity index (χ0v) is 22.4. The predicted octanol–water partition coefficient (Wildman–Crippen LogP) is 6.22. The van der Waals surface area contributed by atoms with Gasteiger partial charge in [-0.05, 0) is 67.1 Å². The molecule has 2 rings (SSSR count). The first kappa shape index (κ1) is 29.2. The number of rotatable bonds is 19. The van der Waals surface area contributed by atoms with Crippen LogP contribution >= 0.6 is 0 Å². The second kappa shape index (κ2) is 16.6. The first-order valence-corrected chi connectivity index (χ1v) is 13.3. The van der Waals surface area contributed by atoms with Crippen LogP contribution in [0.5, 0.6) is 11.5 Å². The number of aliphatic hydroxyl groups is 1. The SMILES string of the molecule is CCCCCC(C)(C)c1ccc(OCCOCCN(C)Cc2ccc(OCCCCO)cc2)cc1. The van der Waals surface area contributed by atoms with E-state index in [4.69, 9.17) is 19.3 Å². The Morgan fingerprint density at radius 3 is 2.09 bits per heavy atom. The number of benzene rings is 2. The lowest BCUT2D eigenvalue weighted by molar-refractivity contribution is 0.0836. The molecule has 0 radical (unpaired) electrons. The van der Waals surface area contributed by atoms with Gasteiger partial charge in [-0.3, -0.25) is 4.90 Å². The zero-order chi connectivity index (χ0) is 25.4. The lowest BCUT2D eigenvalue weighted by Gasteiger charge is -2.25. The minimum absolute atomic E-state index is 0.208. The Kier molecular flexibility index (Phi) is 13.8. The van der Waals surface area contributed by atoms with E-state index in [1.807, 2.05) is 12.1 Å². The molecule has 5 heteroatoms. The first-order valence-electron chi connectivity index (χ1n) is 13.3. The van der Waals surface area contributed by atoms with Crippen molar-refractivity contribution in [1.82, 2.24) is 4.90 Å². The Morgan fingerprint density at radius 2 is 1.43 bits per heavy atom. The van der Waals surface area contributed by atoms with Gasteiger partial charge in [-0.2, -0.15) is 0 Å². The fourth-order valence-electron chi connectivity index (χ4n) is 3.99. The molecule has 0 aliphatic carbocycles. The highest BCUT2D eigenvalue weighted by Gasteiger charge is 2.19. The summed E-state index contributed by atoms with van der Waals surface area (Å²) in [6.45, 7) is 11.3. The fraction of sp³-hybridized carbons (Fsp3) is 0.600. The van der Waals surface area contributed by atoms with Gasteiger partial charge in [-0.25, -0.2) is 0 Å². The molecule has 1 N–H and O–H groups in total. The summed E-state index contributed by atoms with van der Waals surface area (Å²) in [5.74, 6) is 1.78. The highest BCUT2D eigenvalue weighted by molar-refractivity contribution is 5.31. The van der Waals surface area contributed by atoms with Crippen LogP contribution in [0.15, 0.2) is 48.5 Å². The Bertz CT molecular complexity index is 789. The summed E-state index contributed by atoms with van der Waals surface area (Å²) in [4.78, 5) is 2.25. The van der Waals surface area contributed by atoms with Gasteiger partial charge in [0.05, 0.1) is 19.8 Å². The molecule has 0 atom stereocenters. The molecule has 0 aliphatic rings. The smallest absolute Gasteiger partial charge is 0.119 e. The summed E-state index contributed by atoms with van der Waals surface area (Å²) in [6, 6.07) is 16.8. The Balaban J connectivity index is 1.57. The van der Waals surface area contributed by atoms with E-state index in [-0.39, 0.29) is 12.0 Å². The quantitative estimate of drug-likeness (QED) is 0.239. The van der Waals surface area contributed by atoms with Crippen LogP contribution in [-0.2, 0) is 16.7 Å². The van der Waals surface area contributed by atoms with Gasteiger partial charge in [0, 0.05) is 19.7 Å². The Morgan fingerprint density at radius 1 is 0.771 bits per heavy atom. The van der Waals surface area contributed by atoms with Crippen molar-refractivity contribution in [3.8, 4) is 11.5 Å². The van der Waals surface area contributed by atoms with Crippen LogP contribution in [0.3, 0.4) is 0 Å². The Labute approximate surface area is 213 Å². The summed E-state index contributed by atoms with van der Waals surface area (Å²) in [5, 5.41) is 8.82. The largest absolute Gasteiger partial charge is 0.494 e. The average Bonchev–Trinajstić information content (AvgIpc) is 2.85. The van der Waals surface area contributed by atoms with E-state index in [0.29, 0.717) is 26.4 Å². The Hall–Kier alpha value is -2.08. The molecule has 0 aliphatic heterocycles. The fourth-order valence-corrected chi connectivity index (χ4v) is 3.99. The molecule has 35 heavy (non-hydrogen) atoms. The summed E-state index contributed by atoms with van der Waals surface area (Å²) in [6.07, 6.45) is 6.71. The van der Waals surface area contributed by atoms with Crippen molar-refractivity contribution in [1.29, 1.82) is 0 Å². The number of likely N-dealkylation sites (N-methyl/N-ethyl adjacent to an activating group) is 1. The maximum atomic E-state index is 8.82. The van der Waals surface area contributed by atoms with E-state index in [2.05, 4.69) is 69.1 Å². The molecule has 0 spiro atoms. The van der Waals surface area contributed by atoms with Crippen molar-refractivity contribution in [3.05, 3.63) is 59.7 Å². The van der Waals surface area contributed by atoms with E-state index in [9.17, 15) is 0 Å². The van der Waals surface area contributed by atoms with Gasteiger partial charge in [-0.1, -0.05) is 64.3 Å². The number of ether oxygens (including phenoxy) is 3. The van der Waals surface area contributed by atoms with Crippen molar-refractivity contribution in [2.75, 3.05) is 46.6 Å². The number of unbranched alkanes of at least 4 members (excludes halogenated alkanes) is 3. The molecular formula is C30H47NO4. The zero-order valence-electron chi connectivity index (χ0n) is 22.4. The van der Waals surface area contributed by atoms with E-state index in [1.54, 1.807) is 0 Å². The van der Waals surface area contributed by atoms with Crippen LogP contribution < -0.4 is 9.47 Å². The van der Waals surface area contributed by atoms with Crippen molar-refractivity contribution in [2.45, 2.75) is 71.3 Å². The molecule has 0 amide bonds. The van der Waals surface area contributed by atoms with Crippen LogP contribution in [0.2, 0.25) is 0 Å². The monoisotopic (exact) mass is 485 g/mol. The van der Waals surface area contributed by atoms with Crippen LogP contribution in [0, 0.1) is 0 Å². The third-order valence-electron chi connectivity index (χ3n) is 6.35. The molecule has 5 nitrogen and oxygen atoms in total. The summed E-state index contributed by atoms with van der Waals surface area (Å²) < 4.78 is 17.3. The van der Waals surface area contributed by atoms with Crippen molar-refractivity contribution >= 4 is 0 Å². The minimum atomic E-state index is 0.208. The number of nitrogens with zero attached hydrogens (tertiary/aromatic N) is 1. The molecule has 0 unspecified atom stereocenters. The molecule has 0 saturated heterocycles. The van der Waals surface area contributed by atoms with Crippen LogP contribution in [0.1, 0.15) is 70.4 Å². The summed E-state index contributed by atoms with van der Waals surface area (Å²) in [5.41, 5.74) is 2.83. The van der Waals surface area contributed by atoms with Gasteiger partial charge < -0.3 is 19.3 Å². The maximum Gasteiger partial charge on any atom is 0.119 e. The predicted molar refractivity (Wildman–Crippen MR) is 145 cm³/mol. The lowest BCUT2D eigenvalue weighted by Crippen LogP contribution is -2.23. The number of aliphatic hydroxyl groups excluding tert-OH is 1. The maximum absolute atomic E-state index is 8.82. The average molecular weight is 486 g/mol. The topological polar surface area (TPSA) is 51.2 Å². The molecule has 0 saturated carbocycles. The number of hydrogen-bond donors (Lipinski definition) is 1. The van der Waals surface area contributed by atoms with E-state index < -0.39 is 0 Å². The summed E-state index contributed by atoms with van der Waals surface area (Å²) in [7, 11) is 2.10. The molecule has 2 aromatic rings. The van der Waals surface area contributed by atoms with Gasteiger partial charge in [-0.15, -0.1) is 0 Å². The number of hydrogen-bond acceptors (Lipinski definition) is 5.